The second kappa shape index (κ2) is 6.67. The number of Topliss-reactive ketones (excluding diaryl/α,β-unsaturated/α-hetero) is 1. The van der Waals surface area contributed by atoms with Crippen molar-refractivity contribution in [1.82, 2.24) is 4.90 Å². The topological polar surface area (TPSA) is 49.9 Å². The van der Waals surface area contributed by atoms with Gasteiger partial charge in [-0.2, -0.15) is 0 Å². The normalized spacial score (nSPS) is 18.9. The highest BCUT2D eigenvalue weighted by atomic mass is 35.5. The minimum Gasteiger partial charge on any atom is -0.479 e. The number of ether oxygens (including phenoxy) is 1. The molecule has 0 bridgehead atoms. The first kappa shape index (κ1) is 16.8. The van der Waals surface area contributed by atoms with Crippen molar-refractivity contribution in [2.24, 2.45) is 0 Å². The van der Waals surface area contributed by atoms with Gasteiger partial charge in [0.25, 0.3) is 5.91 Å². The second-order valence-electron chi connectivity index (χ2n) is 5.72. The Labute approximate surface area is 135 Å². The van der Waals surface area contributed by atoms with E-state index in [0.29, 0.717) is 23.5 Å². The Kier molecular flexibility index (Phi) is 5.08. The lowest BCUT2D eigenvalue weighted by molar-refractivity contribution is -0.125. The number of alkyl halides is 1. The molecule has 1 heterocycles. The van der Waals surface area contributed by atoms with Crippen molar-refractivity contribution >= 4 is 29.0 Å². The van der Waals surface area contributed by atoms with Crippen LogP contribution < -0.4 is 9.64 Å². The zero-order valence-electron chi connectivity index (χ0n) is 13.3. The van der Waals surface area contributed by atoms with Gasteiger partial charge in [0.2, 0.25) is 0 Å². The number of amides is 1. The molecule has 2 atom stereocenters. The van der Waals surface area contributed by atoms with Crippen molar-refractivity contribution in [2.75, 3.05) is 32.1 Å². The molecule has 2 rings (SSSR count). The van der Waals surface area contributed by atoms with E-state index in [4.69, 9.17) is 16.3 Å². The smallest absolute Gasteiger partial charge is 0.267 e. The first-order valence-electron chi connectivity index (χ1n) is 7.26. The van der Waals surface area contributed by atoms with Gasteiger partial charge in [0.05, 0.1) is 11.1 Å². The van der Waals surface area contributed by atoms with Gasteiger partial charge in [-0.1, -0.05) is 0 Å². The van der Waals surface area contributed by atoms with E-state index < -0.39 is 11.5 Å². The maximum absolute atomic E-state index is 12.4. The van der Waals surface area contributed by atoms with Gasteiger partial charge in [0.1, 0.15) is 5.75 Å². The average Bonchev–Trinajstić information content (AvgIpc) is 2.46. The summed E-state index contributed by atoms with van der Waals surface area (Å²) in [6.45, 7) is 4.63. The van der Waals surface area contributed by atoms with Gasteiger partial charge in [-0.05, 0) is 46.1 Å². The van der Waals surface area contributed by atoms with Crippen molar-refractivity contribution in [3.05, 3.63) is 23.8 Å². The lowest BCUT2D eigenvalue weighted by Gasteiger charge is -2.34. The fourth-order valence-corrected chi connectivity index (χ4v) is 2.45. The van der Waals surface area contributed by atoms with Gasteiger partial charge in [0.15, 0.2) is 11.9 Å². The van der Waals surface area contributed by atoms with E-state index in [9.17, 15) is 9.59 Å². The molecule has 1 amide bonds. The molecule has 0 radical (unpaired) electrons. The summed E-state index contributed by atoms with van der Waals surface area (Å²) in [5.74, 6) is 0.352. The average molecular weight is 325 g/mol. The van der Waals surface area contributed by atoms with Gasteiger partial charge >= 0.3 is 0 Å². The molecule has 0 aliphatic carbocycles. The highest BCUT2D eigenvalue weighted by Gasteiger charge is 2.32. The van der Waals surface area contributed by atoms with Gasteiger partial charge in [-0.15, -0.1) is 11.6 Å². The SMILES string of the molecule is CC(Cl)C(=O)c1ccc2c(c1)N(CCN(C)C)C(=O)C(C)O2. The van der Waals surface area contributed by atoms with E-state index in [0.717, 1.165) is 6.54 Å². The Hall–Kier alpha value is -1.59. The summed E-state index contributed by atoms with van der Waals surface area (Å²) in [6, 6.07) is 5.11. The Morgan fingerprint density at radius 3 is 2.73 bits per heavy atom. The molecule has 2 unspecified atom stereocenters. The minimum atomic E-state index is -0.604. The van der Waals surface area contributed by atoms with Crippen molar-refractivity contribution in [3.8, 4) is 5.75 Å². The lowest BCUT2D eigenvalue weighted by atomic mass is 10.1. The second-order valence-corrected chi connectivity index (χ2v) is 6.37. The predicted octanol–water partition coefficient (Wildman–Crippen LogP) is 2.17. The Morgan fingerprint density at radius 1 is 1.45 bits per heavy atom. The number of halogens is 1. The molecule has 1 aromatic rings. The van der Waals surface area contributed by atoms with Crippen LogP contribution in [0.25, 0.3) is 0 Å². The zero-order chi connectivity index (χ0) is 16.4. The number of anilines is 1. The number of ketones is 1. The molecule has 0 spiro atoms. The molecule has 1 aliphatic rings. The maximum Gasteiger partial charge on any atom is 0.267 e. The van der Waals surface area contributed by atoms with E-state index in [-0.39, 0.29) is 11.7 Å². The summed E-state index contributed by atoms with van der Waals surface area (Å²) >= 11 is 5.87. The Balaban J connectivity index is 2.38. The van der Waals surface area contributed by atoms with Gasteiger partial charge in [-0.3, -0.25) is 9.59 Å². The third-order valence-corrected chi connectivity index (χ3v) is 3.78. The summed E-state index contributed by atoms with van der Waals surface area (Å²) in [5.41, 5.74) is 1.12. The molecule has 0 fully saturated rings. The number of rotatable bonds is 5. The van der Waals surface area contributed by atoms with E-state index in [1.165, 1.54) is 0 Å². The molecular formula is C16H21ClN2O3. The van der Waals surface area contributed by atoms with E-state index in [2.05, 4.69) is 0 Å². The number of hydrogen-bond acceptors (Lipinski definition) is 4. The highest BCUT2D eigenvalue weighted by Crippen LogP contribution is 2.35. The molecule has 5 nitrogen and oxygen atoms in total. The minimum absolute atomic E-state index is 0.0992. The van der Waals surface area contributed by atoms with Gasteiger partial charge in [0, 0.05) is 18.7 Å². The van der Waals surface area contributed by atoms with E-state index in [1.54, 1.807) is 36.9 Å². The van der Waals surface area contributed by atoms with Crippen LogP contribution in [-0.2, 0) is 4.79 Å². The summed E-state index contributed by atoms with van der Waals surface area (Å²) in [7, 11) is 3.90. The molecule has 0 aromatic heterocycles. The monoisotopic (exact) mass is 324 g/mol. The molecule has 0 saturated heterocycles. The molecule has 22 heavy (non-hydrogen) atoms. The van der Waals surface area contributed by atoms with Crippen molar-refractivity contribution in [2.45, 2.75) is 25.3 Å². The molecule has 0 saturated carbocycles. The number of benzene rings is 1. The predicted molar refractivity (Wildman–Crippen MR) is 87.1 cm³/mol. The summed E-state index contributed by atoms with van der Waals surface area (Å²) in [6.07, 6.45) is -0.525. The largest absolute Gasteiger partial charge is 0.479 e. The van der Waals surface area contributed by atoms with Gasteiger partial charge < -0.3 is 14.5 Å². The first-order chi connectivity index (χ1) is 10.3. The molecule has 6 heteroatoms. The van der Waals surface area contributed by atoms with Crippen LogP contribution in [-0.4, -0.2) is 55.3 Å². The van der Waals surface area contributed by atoms with Crippen LogP contribution in [0.2, 0.25) is 0 Å². The Bertz CT molecular complexity index is 587. The van der Waals surface area contributed by atoms with Crippen LogP contribution >= 0.6 is 11.6 Å². The number of likely N-dealkylation sites (N-methyl/N-ethyl adjacent to an activating group) is 1. The number of nitrogens with zero attached hydrogens (tertiary/aromatic N) is 2. The van der Waals surface area contributed by atoms with Crippen molar-refractivity contribution in [1.29, 1.82) is 0 Å². The fourth-order valence-electron chi connectivity index (χ4n) is 2.32. The molecule has 120 valence electrons. The number of carbonyl (C=O) groups excluding carboxylic acids is 2. The third kappa shape index (κ3) is 3.42. The van der Waals surface area contributed by atoms with Crippen LogP contribution in [0, 0.1) is 0 Å². The summed E-state index contributed by atoms with van der Waals surface area (Å²) in [4.78, 5) is 28.1. The van der Waals surface area contributed by atoms with E-state index >= 15 is 0 Å². The molecule has 1 aromatic carbocycles. The number of carbonyl (C=O) groups is 2. The first-order valence-corrected chi connectivity index (χ1v) is 7.70. The van der Waals surface area contributed by atoms with E-state index in [1.807, 2.05) is 19.0 Å². The standard InChI is InChI=1S/C16H21ClN2O3/c1-10(17)15(20)12-5-6-14-13(9-12)19(8-7-18(3)4)16(21)11(2)22-14/h5-6,9-11H,7-8H2,1-4H3. The summed E-state index contributed by atoms with van der Waals surface area (Å²) in [5, 5.41) is -0.604. The third-order valence-electron chi connectivity index (χ3n) is 3.58. The summed E-state index contributed by atoms with van der Waals surface area (Å²) < 4.78 is 5.63. The Morgan fingerprint density at radius 2 is 2.14 bits per heavy atom. The van der Waals surface area contributed by atoms with Gasteiger partial charge in [-0.25, -0.2) is 0 Å². The lowest BCUT2D eigenvalue weighted by Crippen LogP contribution is -2.47. The fraction of sp³-hybridized carbons (Fsp3) is 0.500. The van der Waals surface area contributed by atoms with Crippen molar-refractivity contribution in [3.63, 3.8) is 0 Å². The number of hydrogen-bond donors (Lipinski definition) is 0. The van der Waals surface area contributed by atoms with Crippen LogP contribution in [0.5, 0.6) is 5.75 Å². The van der Waals surface area contributed by atoms with Crippen LogP contribution in [0.3, 0.4) is 0 Å². The van der Waals surface area contributed by atoms with Crippen LogP contribution in [0.1, 0.15) is 24.2 Å². The van der Waals surface area contributed by atoms with Crippen LogP contribution in [0.15, 0.2) is 18.2 Å². The zero-order valence-corrected chi connectivity index (χ0v) is 14.1. The highest BCUT2D eigenvalue weighted by molar-refractivity contribution is 6.33. The number of fused-ring (bicyclic) bond motifs is 1. The maximum atomic E-state index is 12.4. The molecule has 1 aliphatic heterocycles. The quantitative estimate of drug-likeness (QED) is 0.615. The molecule has 0 N–H and O–H groups in total. The molecular weight excluding hydrogens is 304 g/mol. The van der Waals surface area contributed by atoms with Crippen LogP contribution in [0.4, 0.5) is 5.69 Å². The van der Waals surface area contributed by atoms with Crippen molar-refractivity contribution < 1.29 is 14.3 Å².